The molecule has 18 heavy (non-hydrogen) atoms. The summed E-state index contributed by atoms with van der Waals surface area (Å²) in [4.78, 5) is 8.68. The summed E-state index contributed by atoms with van der Waals surface area (Å²) in [6.45, 7) is 0.629. The third kappa shape index (κ3) is 2.23. The Hall–Kier alpha value is -1.46. The fraction of sp³-hybridized carbons (Fsp3) is 0.417. The number of rotatable bonds is 3. The van der Waals surface area contributed by atoms with E-state index in [4.69, 9.17) is 0 Å². The van der Waals surface area contributed by atoms with Crippen LogP contribution >= 0.6 is 0 Å². The molecule has 0 aromatic carbocycles. The van der Waals surface area contributed by atoms with Crippen molar-refractivity contribution in [3.63, 3.8) is 0 Å². The molecule has 2 aromatic rings. The number of pyridine rings is 1. The topological polar surface area (TPSA) is 71.2 Å². The summed E-state index contributed by atoms with van der Waals surface area (Å²) in [5.41, 5.74) is 6.01. The van der Waals surface area contributed by atoms with Crippen LogP contribution in [0.2, 0.25) is 0 Å². The highest BCUT2D eigenvalue weighted by Gasteiger charge is 2.20. The van der Waals surface area contributed by atoms with E-state index in [1.54, 1.807) is 11.0 Å². The lowest BCUT2D eigenvalue weighted by atomic mass is 9.83. The van der Waals surface area contributed by atoms with Crippen molar-refractivity contribution in [3.8, 4) is 5.69 Å². The van der Waals surface area contributed by atoms with E-state index in [1.165, 1.54) is 25.0 Å². The zero-order valence-electron chi connectivity index (χ0n) is 10.1. The highest BCUT2D eigenvalue weighted by atomic mass is 35.5. The van der Waals surface area contributed by atoms with E-state index >= 15 is 0 Å². The Morgan fingerprint density at radius 2 is 2.11 bits per heavy atom. The lowest BCUT2D eigenvalue weighted by Gasteiger charge is -2.24. The lowest BCUT2D eigenvalue weighted by Crippen LogP contribution is -3.00. The van der Waals surface area contributed by atoms with E-state index < -0.39 is 0 Å². The molecule has 0 amide bonds. The molecular formula is C12H16ClN5. The van der Waals surface area contributed by atoms with Crippen molar-refractivity contribution in [1.29, 1.82) is 0 Å². The van der Waals surface area contributed by atoms with Crippen molar-refractivity contribution in [2.75, 3.05) is 0 Å². The van der Waals surface area contributed by atoms with E-state index in [0.29, 0.717) is 12.5 Å². The molecule has 1 aliphatic rings. The molecule has 2 aromatic heterocycles. The van der Waals surface area contributed by atoms with Crippen LogP contribution in [0.1, 0.15) is 36.7 Å². The van der Waals surface area contributed by atoms with Crippen LogP contribution in [0.25, 0.3) is 5.69 Å². The van der Waals surface area contributed by atoms with Gasteiger partial charge < -0.3 is 18.1 Å². The van der Waals surface area contributed by atoms with Crippen LogP contribution < -0.4 is 18.1 Å². The van der Waals surface area contributed by atoms with Crippen LogP contribution in [0, 0.1) is 0 Å². The second-order valence-electron chi connectivity index (χ2n) is 4.41. The minimum Gasteiger partial charge on any atom is -1.00 e. The van der Waals surface area contributed by atoms with Gasteiger partial charge in [-0.3, -0.25) is 4.98 Å². The lowest BCUT2D eigenvalue weighted by molar-refractivity contribution is -0.388. The predicted molar refractivity (Wildman–Crippen MR) is 62.3 cm³/mol. The van der Waals surface area contributed by atoms with E-state index in [1.807, 2.05) is 6.20 Å². The summed E-state index contributed by atoms with van der Waals surface area (Å²) in [6.07, 6.45) is 7.32. The Morgan fingerprint density at radius 3 is 2.67 bits per heavy atom. The van der Waals surface area contributed by atoms with Crippen molar-refractivity contribution in [1.82, 2.24) is 19.7 Å². The third-order valence-electron chi connectivity index (χ3n) is 3.38. The van der Waals surface area contributed by atoms with Gasteiger partial charge in [0.05, 0.1) is 11.9 Å². The van der Waals surface area contributed by atoms with E-state index in [2.05, 4.69) is 32.9 Å². The van der Waals surface area contributed by atoms with Gasteiger partial charge in [0.15, 0.2) is 5.82 Å². The summed E-state index contributed by atoms with van der Waals surface area (Å²) in [6, 6.07) is 4.17. The number of quaternary nitrogens is 1. The van der Waals surface area contributed by atoms with Gasteiger partial charge in [-0.05, 0) is 25.0 Å². The van der Waals surface area contributed by atoms with Gasteiger partial charge in [-0.25, -0.2) is 9.67 Å². The van der Waals surface area contributed by atoms with Gasteiger partial charge in [0.2, 0.25) is 0 Å². The predicted octanol–water partition coefficient (Wildman–Crippen LogP) is -2.32. The second-order valence-corrected chi connectivity index (χ2v) is 4.41. The first kappa shape index (κ1) is 13.0. The summed E-state index contributed by atoms with van der Waals surface area (Å²) in [7, 11) is 0. The van der Waals surface area contributed by atoms with E-state index in [0.717, 1.165) is 11.5 Å². The van der Waals surface area contributed by atoms with Crippen molar-refractivity contribution in [3.05, 3.63) is 36.2 Å². The van der Waals surface area contributed by atoms with Gasteiger partial charge >= 0.3 is 0 Å². The molecule has 6 heteroatoms. The highest BCUT2D eigenvalue weighted by molar-refractivity contribution is 5.30. The van der Waals surface area contributed by atoms with Gasteiger partial charge in [-0.2, -0.15) is 5.10 Å². The normalized spacial score (nSPS) is 14.9. The molecule has 96 valence electrons. The van der Waals surface area contributed by atoms with Crippen LogP contribution in [0.3, 0.4) is 0 Å². The molecule has 0 spiro atoms. The van der Waals surface area contributed by atoms with Gasteiger partial charge in [0.1, 0.15) is 12.9 Å². The molecule has 2 heterocycles. The quantitative estimate of drug-likeness (QED) is 0.677. The number of hydrogen-bond acceptors (Lipinski definition) is 3. The maximum absolute atomic E-state index is 4.52. The highest BCUT2D eigenvalue weighted by Crippen LogP contribution is 2.35. The fourth-order valence-corrected chi connectivity index (χ4v) is 2.12. The zero-order chi connectivity index (χ0) is 11.7. The molecule has 3 rings (SSSR count). The fourth-order valence-electron chi connectivity index (χ4n) is 2.12. The summed E-state index contributed by atoms with van der Waals surface area (Å²) < 4.78 is 1.80. The average Bonchev–Trinajstić information content (AvgIpc) is 2.76. The Bertz CT molecular complexity index is 503. The standard InChI is InChI=1S/C12H15N5.ClH/c13-6-12-15-8-16-17(12)10-4-5-11(14-7-10)9-2-1-3-9;/h4-5,7-9H,1-3,6,13H2;1H. The first-order valence-corrected chi connectivity index (χ1v) is 6.03. The molecule has 3 N–H and O–H groups in total. The molecule has 0 aliphatic heterocycles. The number of hydrogen-bond donors (Lipinski definition) is 1. The zero-order valence-corrected chi connectivity index (χ0v) is 10.8. The molecule has 1 fully saturated rings. The molecular weight excluding hydrogens is 250 g/mol. The molecule has 0 atom stereocenters. The minimum absolute atomic E-state index is 0. The van der Waals surface area contributed by atoms with Crippen molar-refractivity contribution in [2.24, 2.45) is 0 Å². The molecule has 0 bridgehead atoms. The van der Waals surface area contributed by atoms with Crippen molar-refractivity contribution >= 4 is 0 Å². The van der Waals surface area contributed by atoms with Crippen LogP contribution in [0.15, 0.2) is 24.7 Å². The SMILES string of the molecule is [Cl-].[NH3+]Cc1ncnn1-c1ccc(C2CCC2)nc1. The average molecular weight is 266 g/mol. The minimum atomic E-state index is 0. The first-order valence-electron chi connectivity index (χ1n) is 6.03. The first-order chi connectivity index (χ1) is 8.38. The van der Waals surface area contributed by atoms with E-state index in [-0.39, 0.29) is 12.4 Å². The maximum Gasteiger partial charge on any atom is 0.186 e. The van der Waals surface area contributed by atoms with Crippen LogP contribution in [0.4, 0.5) is 0 Å². The largest absolute Gasteiger partial charge is 1.00 e. The molecule has 5 nitrogen and oxygen atoms in total. The van der Waals surface area contributed by atoms with E-state index in [9.17, 15) is 0 Å². The Kier molecular flexibility index (Phi) is 3.93. The Morgan fingerprint density at radius 1 is 1.28 bits per heavy atom. The number of aromatic nitrogens is 4. The Labute approximate surface area is 112 Å². The smallest absolute Gasteiger partial charge is 0.186 e. The van der Waals surface area contributed by atoms with Gasteiger partial charge in [-0.15, -0.1) is 0 Å². The molecule has 0 radical (unpaired) electrons. The molecule has 0 unspecified atom stereocenters. The van der Waals surface area contributed by atoms with Crippen LogP contribution in [0.5, 0.6) is 0 Å². The second kappa shape index (κ2) is 5.46. The number of halogens is 1. The van der Waals surface area contributed by atoms with Crippen molar-refractivity contribution in [2.45, 2.75) is 31.7 Å². The van der Waals surface area contributed by atoms with Gasteiger partial charge in [0, 0.05) is 11.6 Å². The molecule has 1 aliphatic carbocycles. The summed E-state index contributed by atoms with van der Waals surface area (Å²) in [5.74, 6) is 1.54. The molecule has 1 saturated carbocycles. The van der Waals surface area contributed by atoms with Gasteiger partial charge in [-0.1, -0.05) is 6.42 Å². The number of nitrogens with zero attached hydrogens (tertiary/aromatic N) is 4. The van der Waals surface area contributed by atoms with Gasteiger partial charge in [0.25, 0.3) is 0 Å². The maximum atomic E-state index is 4.52. The van der Waals surface area contributed by atoms with Crippen LogP contribution in [-0.2, 0) is 6.54 Å². The Balaban J connectivity index is 0.00000120. The van der Waals surface area contributed by atoms with Crippen LogP contribution in [-0.4, -0.2) is 19.7 Å². The molecule has 0 saturated heterocycles. The monoisotopic (exact) mass is 265 g/mol. The van der Waals surface area contributed by atoms with Crippen molar-refractivity contribution < 1.29 is 18.1 Å². The third-order valence-corrected chi connectivity index (χ3v) is 3.38. The summed E-state index contributed by atoms with van der Waals surface area (Å²) >= 11 is 0. The summed E-state index contributed by atoms with van der Waals surface area (Å²) in [5, 5.41) is 4.19.